The normalized spacial score (nSPS) is 18.3. The zero-order valence-electron chi connectivity index (χ0n) is 19.5. The first-order chi connectivity index (χ1) is 17.4. The average Bonchev–Trinajstić information content (AvgIpc) is 3.09. The number of benzene rings is 3. The second-order valence-electron chi connectivity index (χ2n) is 8.74. The number of carbonyl (C=O) groups excluding carboxylic acids is 4. The van der Waals surface area contributed by atoms with Gasteiger partial charge in [-0.15, -0.1) is 0 Å². The molecule has 1 fully saturated rings. The van der Waals surface area contributed by atoms with Crippen molar-refractivity contribution in [2.24, 2.45) is 0 Å². The third-order valence-corrected chi connectivity index (χ3v) is 6.28. The highest BCUT2D eigenvalue weighted by Crippen LogP contribution is 2.40. The van der Waals surface area contributed by atoms with Gasteiger partial charge in [-0.1, -0.05) is 42.5 Å². The minimum absolute atomic E-state index is 0.249. The molecular formula is C27H24N4O5. The molecule has 3 aromatic rings. The number of imide groups is 1. The van der Waals surface area contributed by atoms with E-state index in [1.807, 2.05) is 25.1 Å². The Bertz CT molecular complexity index is 1390. The van der Waals surface area contributed by atoms with E-state index >= 15 is 0 Å². The minimum Gasteiger partial charge on any atom is -0.493 e. The van der Waals surface area contributed by atoms with Crippen molar-refractivity contribution in [3.8, 4) is 5.75 Å². The summed E-state index contributed by atoms with van der Waals surface area (Å²) >= 11 is 0. The predicted molar refractivity (Wildman–Crippen MR) is 133 cm³/mol. The number of hydrogen-bond donors (Lipinski definition) is 3. The number of fused-ring (bicyclic) bond motifs is 2. The largest absolute Gasteiger partial charge is 0.493 e. The molecule has 1 atom stereocenters. The van der Waals surface area contributed by atoms with Gasteiger partial charge < -0.3 is 20.7 Å². The predicted octanol–water partition coefficient (Wildman–Crippen LogP) is 3.42. The van der Waals surface area contributed by atoms with Crippen molar-refractivity contribution in [2.75, 3.05) is 23.8 Å². The van der Waals surface area contributed by atoms with E-state index in [2.05, 4.69) is 16.0 Å². The first kappa shape index (κ1) is 23.1. The smallest absolute Gasteiger partial charge is 0.325 e. The van der Waals surface area contributed by atoms with Crippen molar-refractivity contribution in [3.05, 3.63) is 89.5 Å². The van der Waals surface area contributed by atoms with Crippen molar-refractivity contribution >= 4 is 35.1 Å². The molecule has 0 saturated carbocycles. The summed E-state index contributed by atoms with van der Waals surface area (Å²) in [6.07, 6.45) is 0.259. The van der Waals surface area contributed by atoms with E-state index in [9.17, 15) is 19.2 Å². The molecule has 9 heteroatoms. The highest BCUT2D eigenvalue weighted by molar-refractivity contribution is 6.13. The maximum atomic E-state index is 13.4. The van der Waals surface area contributed by atoms with Crippen LogP contribution in [0.4, 0.5) is 16.2 Å². The molecule has 9 nitrogen and oxygen atoms in total. The van der Waals surface area contributed by atoms with Gasteiger partial charge in [0.1, 0.15) is 12.3 Å². The number of carbonyl (C=O) groups is 4. The quantitative estimate of drug-likeness (QED) is 0.480. The molecule has 1 spiro atoms. The molecule has 2 aliphatic rings. The molecular weight excluding hydrogens is 460 g/mol. The van der Waals surface area contributed by atoms with Gasteiger partial charge in [0.05, 0.1) is 17.9 Å². The van der Waals surface area contributed by atoms with Crippen molar-refractivity contribution in [1.29, 1.82) is 0 Å². The lowest BCUT2D eigenvalue weighted by atomic mass is 9.84. The summed E-state index contributed by atoms with van der Waals surface area (Å²) in [5.41, 5.74) is 1.44. The summed E-state index contributed by atoms with van der Waals surface area (Å²) in [5, 5.41) is 8.26. The van der Waals surface area contributed by atoms with Gasteiger partial charge in [-0.05, 0) is 42.8 Å². The number of aryl methyl sites for hydroxylation is 1. The fourth-order valence-electron chi connectivity index (χ4n) is 4.56. The molecule has 3 N–H and O–H groups in total. The molecule has 2 heterocycles. The maximum absolute atomic E-state index is 13.4. The Labute approximate surface area is 207 Å². The van der Waals surface area contributed by atoms with Gasteiger partial charge in [0.15, 0.2) is 5.54 Å². The van der Waals surface area contributed by atoms with Crippen LogP contribution in [0.5, 0.6) is 5.75 Å². The van der Waals surface area contributed by atoms with Gasteiger partial charge >= 0.3 is 6.03 Å². The van der Waals surface area contributed by atoms with E-state index in [1.54, 1.807) is 54.6 Å². The van der Waals surface area contributed by atoms with Crippen LogP contribution in [0, 0.1) is 6.92 Å². The zero-order chi connectivity index (χ0) is 25.3. The molecule has 0 radical (unpaired) electrons. The van der Waals surface area contributed by atoms with Crippen LogP contribution in [0.25, 0.3) is 0 Å². The van der Waals surface area contributed by atoms with Gasteiger partial charge in [-0.3, -0.25) is 19.3 Å². The zero-order valence-corrected chi connectivity index (χ0v) is 19.5. The fraction of sp³-hybridized carbons (Fsp3) is 0.185. The summed E-state index contributed by atoms with van der Waals surface area (Å²) < 4.78 is 5.63. The van der Waals surface area contributed by atoms with E-state index in [0.29, 0.717) is 17.0 Å². The number of nitrogens with one attached hydrogen (secondary N) is 3. The highest BCUT2D eigenvalue weighted by Gasteiger charge is 2.55. The Morgan fingerprint density at radius 3 is 2.61 bits per heavy atom. The number of hydrogen-bond acceptors (Lipinski definition) is 5. The van der Waals surface area contributed by atoms with Crippen LogP contribution < -0.4 is 20.7 Å². The Balaban J connectivity index is 1.31. The minimum atomic E-state index is -1.27. The van der Waals surface area contributed by atoms with E-state index in [1.165, 1.54) is 0 Å². The summed E-state index contributed by atoms with van der Waals surface area (Å²) in [4.78, 5) is 52.9. The van der Waals surface area contributed by atoms with Crippen LogP contribution in [-0.4, -0.2) is 41.8 Å². The van der Waals surface area contributed by atoms with Gasteiger partial charge in [-0.2, -0.15) is 0 Å². The van der Waals surface area contributed by atoms with Gasteiger partial charge in [-0.25, -0.2) is 4.79 Å². The second-order valence-corrected chi connectivity index (χ2v) is 8.74. The monoisotopic (exact) mass is 484 g/mol. The van der Waals surface area contributed by atoms with Crippen LogP contribution in [0.3, 0.4) is 0 Å². The molecule has 0 aliphatic carbocycles. The Kier molecular flexibility index (Phi) is 5.89. The molecule has 0 aromatic heterocycles. The van der Waals surface area contributed by atoms with Crippen LogP contribution >= 0.6 is 0 Å². The lowest BCUT2D eigenvalue weighted by molar-refractivity contribution is -0.135. The Morgan fingerprint density at radius 2 is 1.78 bits per heavy atom. The fourth-order valence-corrected chi connectivity index (χ4v) is 4.56. The number of amides is 5. The highest BCUT2D eigenvalue weighted by atomic mass is 16.5. The average molecular weight is 485 g/mol. The Morgan fingerprint density at radius 1 is 1.00 bits per heavy atom. The van der Waals surface area contributed by atoms with Crippen LogP contribution in [0.1, 0.15) is 27.9 Å². The standard InChI is InChI=1S/C27H24N4O5/c1-17-7-6-8-18(15-17)28-24(33)19-9-2-4-11-21(19)29-23(32)16-31-25(34)27(30-26(31)35)13-14-36-22-12-5-3-10-20(22)27/h2-12,15H,13-14,16H2,1H3,(H,28,33)(H,29,32)(H,30,35)/t27-/m0/s1. The summed E-state index contributed by atoms with van der Waals surface area (Å²) in [6.45, 7) is 1.68. The Hall–Kier alpha value is -4.66. The third-order valence-electron chi connectivity index (χ3n) is 6.28. The molecule has 36 heavy (non-hydrogen) atoms. The van der Waals surface area contributed by atoms with Crippen molar-refractivity contribution < 1.29 is 23.9 Å². The summed E-state index contributed by atoms with van der Waals surface area (Å²) in [5.74, 6) is -0.989. The number of ether oxygens (including phenoxy) is 1. The lowest BCUT2D eigenvalue weighted by Crippen LogP contribution is -2.48. The second kappa shape index (κ2) is 9.18. The number of anilines is 2. The lowest BCUT2D eigenvalue weighted by Gasteiger charge is -2.33. The number of nitrogens with zero attached hydrogens (tertiary/aromatic N) is 1. The van der Waals surface area contributed by atoms with Crippen LogP contribution in [0.15, 0.2) is 72.8 Å². The van der Waals surface area contributed by atoms with Gasteiger partial charge in [0.2, 0.25) is 5.91 Å². The van der Waals surface area contributed by atoms with E-state index in [0.717, 1.165) is 10.5 Å². The molecule has 5 rings (SSSR count). The first-order valence-corrected chi connectivity index (χ1v) is 11.5. The molecule has 2 aliphatic heterocycles. The number of rotatable bonds is 5. The number of urea groups is 1. The van der Waals surface area contributed by atoms with Crippen molar-refractivity contribution in [3.63, 3.8) is 0 Å². The maximum Gasteiger partial charge on any atom is 0.325 e. The SMILES string of the molecule is Cc1cccc(NC(=O)c2ccccc2NC(=O)CN2C(=O)N[C@]3(CCOc4ccccc43)C2=O)c1. The third kappa shape index (κ3) is 4.15. The number of para-hydroxylation sites is 2. The summed E-state index contributed by atoms with van der Waals surface area (Å²) in [7, 11) is 0. The van der Waals surface area contributed by atoms with E-state index < -0.39 is 35.8 Å². The van der Waals surface area contributed by atoms with Crippen molar-refractivity contribution in [1.82, 2.24) is 10.2 Å². The van der Waals surface area contributed by atoms with E-state index in [4.69, 9.17) is 4.74 Å². The van der Waals surface area contributed by atoms with Crippen LogP contribution in [-0.2, 0) is 15.1 Å². The molecule has 1 saturated heterocycles. The molecule has 5 amide bonds. The van der Waals surface area contributed by atoms with Gasteiger partial charge in [0.25, 0.3) is 11.8 Å². The van der Waals surface area contributed by atoms with Crippen molar-refractivity contribution in [2.45, 2.75) is 18.9 Å². The van der Waals surface area contributed by atoms with E-state index in [-0.39, 0.29) is 24.3 Å². The summed E-state index contributed by atoms with van der Waals surface area (Å²) in [6, 6.07) is 20.3. The molecule has 0 bridgehead atoms. The molecule has 3 aromatic carbocycles. The van der Waals surface area contributed by atoms with Gasteiger partial charge in [0, 0.05) is 17.7 Å². The topological polar surface area (TPSA) is 117 Å². The van der Waals surface area contributed by atoms with Crippen LogP contribution in [0.2, 0.25) is 0 Å². The first-order valence-electron chi connectivity index (χ1n) is 11.5. The molecule has 0 unspecified atom stereocenters. The molecule has 182 valence electrons.